The highest BCUT2D eigenvalue weighted by atomic mass is 32.2. The minimum atomic E-state index is -3.19. The van der Waals surface area contributed by atoms with Crippen LogP contribution in [0.15, 0.2) is 24.4 Å². The van der Waals surface area contributed by atoms with Crippen molar-refractivity contribution in [3.05, 3.63) is 35.8 Å². The number of amides is 1. The molecule has 8 heteroatoms. The molecule has 2 atom stereocenters. The Bertz CT molecular complexity index is 923. The zero-order valence-electron chi connectivity index (χ0n) is 14.3. The van der Waals surface area contributed by atoms with Gasteiger partial charge in [-0.2, -0.15) is 4.31 Å². The number of pyridine rings is 1. The molecule has 2 aliphatic heterocycles. The molecule has 4 rings (SSSR count). The maximum Gasteiger partial charge on any atom is 0.270 e. The molecule has 134 valence electrons. The van der Waals surface area contributed by atoms with Crippen molar-refractivity contribution in [3.8, 4) is 0 Å². The van der Waals surface area contributed by atoms with Gasteiger partial charge in [0, 0.05) is 24.3 Å². The normalized spacial score (nSPS) is 26.9. The Balaban J connectivity index is 1.54. The van der Waals surface area contributed by atoms with Crippen molar-refractivity contribution >= 4 is 21.6 Å². The van der Waals surface area contributed by atoms with E-state index in [1.807, 2.05) is 31.3 Å². The number of hydrogen-bond donors (Lipinski definition) is 1. The monoisotopic (exact) mass is 362 g/mol. The van der Waals surface area contributed by atoms with Gasteiger partial charge in [0.25, 0.3) is 5.91 Å². The molecule has 0 radical (unpaired) electrons. The molecule has 1 amide bonds. The van der Waals surface area contributed by atoms with E-state index < -0.39 is 10.0 Å². The van der Waals surface area contributed by atoms with Crippen LogP contribution in [0.4, 0.5) is 0 Å². The number of hydrogen-bond acceptors (Lipinski definition) is 4. The first-order chi connectivity index (χ1) is 11.8. The fourth-order valence-electron chi connectivity index (χ4n) is 4.43. The molecule has 2 aromatic rings. The van der Waals surface area contributed by atoms with E-state index in [9.17, 15) is 13.2 Å². The number of aromatic nitrogens is 2. The molecule has 0 spiro atoms. The fraction of sp³-hybridized carbons (Fsp3) is 0.529. The predicted molar refractivity (Wildman–Crippen MR) is 93.9 cm³/mol. The van der Waals surface area contributed by atoms with Gasteiger partial charge in [0.1, 0.15) is 11.3 Å². The van der Waals surface area contributed by atoms with Gasteiger partial charge in [0.05, 0.1) is 11.9 Å². The molecule has 2 fully saturated rings. The lowest BCUT2D eigenvalue weighted by Crippen LogP contribution is -2.52. The summed E-state index contributed by atoms with van der Waals surface area (Å²) in [6, 6.07) is 5.63. The fourth-order valence-corrected chi connectivity index (χ4v) is 5.90. The second kappa shape index (κ2) is 5.81. The smallest absolute Gasteiger partial charge is 0.270 e. The molecule has 2 aliphatic rings. The molecule has 2 unspecified atom stereocenters. The van der Waals surface area contributed by atoms with Crippen molar-refractivity contribution in [1.82, 2.24) is 19.0 Å². The van der Waals surface area contributed by atoms with Crippen molar-refractivity contribution in [1.29, 1.82) is 0 Å². The summed E-state index contributed by atoms with van der Waals surface area (Å²) in [6.45, 7) is 1.83. The van der Waals surface area contributed by atoms with Gasteiger partial charge in [-0.3, -0.25) is 9.20 Å². The predicted octanol–water partition coefficient (Wildman–Crippen LogP) is 1.33. The molecule has 25 heavy (non-hydrogen) atoms. The van der Waals surface area contributed by atoms with E-state index >= 15 is 0 Å². The number of fused-ring (bicyclic) bond motifs is 3. The van der Waals surface area contributed by atoms with Crippen LogP contribution in [0.25, 0.3) is 5.65 Å². The molecule has 7 nitrogen and oxygen atoms in total. The van der Waals surface area contributed by atoms with Gasteiger partial charge < -0.3 is 5.32 Å². The van der Waals surface area contributed by atoms with Crippen molar-refractivity contribution in [3.63, 3.8) is 0 Å². The first-order valence-electron chi connectivity index (χ1n) is 8.57. The molecule has 0 aromatic carbocycles. The zero-order valence-corrected chi connectivity index (χ0v) is 15.2. The van der Waals surface area contributed by atoms with Gasteiger partial charge in [0.2, 0.25) is 10.0 Å². The topological polar surface area (TPSA) is 83.8 Å². The summed E-state index contributed by atoms with van der Waals surface area (Å²) in [5.74, 6) is -0.145. The van der Waals surface area contributed by atoms with Gasteiger partial charge in [-0.15, -0.1) is 0 Å². The molecular formula is C17H22N4O3S. The summed E-state index contributed by atoms with van der Waals surface area (Å²) in [4.78, 5) is 17.2. The third-order valence-corrected chi connectivity index (χ3v) is 6.67. The highest BCUT2D eigenvalue weighted by Crippen LogP contribution is 2.37. The Morgan fingerprint density at radius 3 is 2.56 bits per heavy atom. The van der Waals surface area contributed by atoms with E-state index in [2.05, 4.69) is 10.3 Å². The average Bonchev–Trinajstić information content (AvgIpc) is 3.01. The van der Waals surface area contributed by atoms with Crippen molar-refractivity contribution in [2.75, 3.05) is 6.26 Å². The molecule has 0 aliphatic carbocycles. The van der Waals surface area contributed by atoms with E-state index in [-0.39, 0.29) is 24.0 Å². The van der Waals surface area contributed by atoms with Crippen LogP contribution in [0, 0.1) is 6.92 Å². The molecule has 2 bridgehead atoms. The number of carbonyl (C=O) groups is 1. The number of nitrogens with zero attached hydrogens (tertiary/aromatic N) is 3. The third kappa shape index (κ3) is 2.83. The number of imidazole rings is 1. The average molecular weight is 362 g/mol. The molecule has 2 saturated heterocycles. The van der Waals surface area contributed by atoms with Crippen molar-refractivity contribution < 1.29 is 13.2 Å². The second-order valence-corrected chi connectivity index (χ2v) is 8.98. The highest BCUT2D eigenvalue weighted by Gasteiger charge is 2.45. The van der Waals surface area contributed by atoms with E-state index in [1.54, 1.807) is 8.71 Å². The number of nitrogens with one attached hydrogen (secondary N) is 1. The molecule has 0 saturated carbocycles. The van der Waals surface area contributed by atoms with Gasteiger partial charge in [-0.1, -0.05) is 6.07 Å². The summed E-state index contributed by atoms with van der Waals surface area (Å²) in [5.41, 5.74) is 1.99. The van der Waals surface area contributed by atoms with E-state index in [1.165, 1.54) is 6.26 Å². The van der Waals surface area contributed by atoms with Gasteiger partial charge >= 0.3 is 0 Å². The van der Waals surface area contributed by atoms with Crippen LogP contribution >= 0.6 is 0 Å². The summed E-state index contributed by atoms with van der Waals surface area (Å²) in [5, 5.41) is 3.11. The quantitative estimate of drug-likeness (QED) is 0.893. The Morgan fingerprint density at radius 1 is 1.24 bits per heavy atom. The summed E-state index contributed by atoms with van der Waals surface area (Å²) >= 11 is 0. The van der Waals surface area contributed by atoms with Gasteiger partial charge in [0.15, 0.2) is 0 Å². The maximum absolute atomic E-state index is 12.8. The maximum atomic E-state index is 12.8. The van der Waals surface area contributed by atoms with Gasteiger partial charge in [-0.25, -0.2) is 13.4 Å². The van der Waals surface area contributed by atoms with E-state index in [0.29, 0.717) is 24.2 Å². The lowest BCUT2D eigenvalue weighted by Gasteiger charge is -2.37. The minimum Gasteiger partial charge on any atom is -0.348 e. The molecular weight excluding hydrogens is 340 g/mol. The number of carbonyl (C=O) groups excluding carboxylic acids is 1. The van der Waals surface area contributed by atoms with Crippen LogP contribution in [-0.4, -0.2) is 52.4 Å². The summed E-state index contributed by atoms with van der Waals surface area (Å²) < 4.78 is 27.4. The molecule has 1 N–H and O–H groups in total. The summed E-state index contributed by atoms with van der Waals surface area (Å²) in [7, 11) is -3.19. The standard InChI is InChI=1S/C17H22N4O3S/c1-11-16(20-8-4-3-5-15(20)18-11)17(22)19-12-9-13-6-7-14(10-12)21(13)25(2,23)24/h3-5,8,12-14H,6-7,9-10H2,1-2H3,(H,19,22). The van der Waals surface area contributed by atoms with Crippen molar-refractivity contribution in [2.45, 2.75) is 50.7 Å². The van der Waals surface area contributed by atoms with E-state index in [0.717, 1.165) is 18.5 Å². The van der Waals surface area contributed by atoms with Crippen LogP contribution in [-0.2, 0) is 10.0 Å². The highest BCUT2D eigenvalue weighted by molar-refractivity contribution is 7.88. The Hall–Kier alpha value is -1.93. The molecule has 4 heterocycles. The largest absolute Gasteiger partial charge is 0.348 e. The van der Waals surface area contributed by atoms with Gasteiger partial charge in [-0.05, 0) is 44.7 Å². The van der Waals surface area contributed by atoms with Crippen LogP contribution in [0.1, 0.15) is 41.9 Å². The number of sulfonamides is 1. The SMILES string of the molecule is Cc1nc2ccccn2c1C(=O)NC1CC2CCC(C1)N2S(C)(=O)=O. The number of rotatable bonds is 3. The number of aryl methyl sites for hydroxylation is 1. The second-order valence-electron chi connectivity index (χ2n) is 7.09. The lowest BCUT2D eigenvalue weighted by molar-refractivity contribution is 0.0903. The number of piperidine rings is 1. The lowest BCUT2D eigenvalue weighted by atomic mass is 9.99. The minimum absolute atomic E-state index is 0.00216. The van der Waals surface area contributed by atoms with Crippen LogP contribution in [0.5, 0.6) is 0 Å². The first kappa shape index (κ1) is 16.5. The van der Waals surface area contributed by atoms with Crippen LogP contribution < -0.4 is 5.32 Å². The van der Waals surface area contributed by atoms with Crippen LogP contribution in [0.2, 0.25) is 0 Å². The Labute approximate surface area is 147 Å². The summed E-state index contributed by atoms with van der Waals surface area (Å²) in [6.07, 6.45) is 6.20. The zero-order chi connectivity index (χ0) is 17.8. The van der Waals surface area contributed by atoms with Crippen LogP contribution in [0.3, 0.4) is 0 Å². The Kier molecular flexibility index (Phi) is 3.84. The third-order valence-electron chi connectivity index (χ3n) is 5.30. The van der Waals surface area contributed by atoms with E-state index in [4.69, 9.17) is 0 Å². The Morgan fingerprint density at radius 2 is 1.92 bits per heavy atom. The molecule has 2 aromatic heterocycles. The van der Waals surface area contributed by atoms with Crippen molar-refractivity contribution in [2.24, 2.45) is 0 Å². The first-order valence-corrected chi connectivity index (χ1v) is 10.4.